The molecule has 0 radical (unpaired) electrons. The Bertz CT molecular complexity index is 309. The monoisotopic (exact) mass is 202 g/mol. The molecule has 0 bridgehead atoms. The van der Waals surface area contributed by atoms with E-state index in [9.17, 15) is 0 Å². The largest absolute Gasteiger partial charge is 0.310 e. The fourth-order valence-corrected chi connectivity index (χ4v) is 1.98. The zero-order chi connectivity index (χ0) is 10.5. The molecular weight excluding hydrogens is 184 g/mol. The molecule has 0 atom stereocenters. The Morgan fingerprint density at radius 2 is 1.73 bits per heavy atom. The predicted octanol–water partition coefficient (Wildman–Crippen LogP) is 2.34. The molecule has 2 heteroatoms. The van der Waals surface area contributed by atoms with Crippen molar-refractivity contribution in [2.75, 3.05) is 19.6 Å². The van der Waals surface area contributed by atoms with Crippen molar-refractivity contribution in [3.8, 4) is 0 Å². The van der Waals surface area contributed by atoms with Gasteiger partial charge in [0.1, 0.15) is 0 Å². The Balaban J connectivity index is 1.77. The first-order chi connectivity index (χ1) is 7.34. The highest BCUT2D eigenvalue weighted by Crippen LogP contribution is 2.07. The number of rotatable bonds is 3. The molecule has 2 rings (SSSR count). The molecule has 0 aliphatic carbocycles. The lowest BCUT2D eigenvalue weighted by atomic mass is 10.1. The van der Waals surface area contributed by atoms with E-state index in [2.05, 4.69) is 35.2 Å². The van der Waals surface area contributed by atoms with Crippen LogP contribution in [0.15, 0.2) is 30.3 Å². The molecule has 1 aromatic carbocycles. The summed E-state index contributed by atoms with van der Waals surface area (Å²) in [6.07, 6.45) is 3.07. The zero-order valence-corrected chi connectivity index (χ0v) is 9.08. The Hall–Kier alpha value is -1.15. The fourth-order valence-electron chi connectivity index (χ4n) is 1.98. The highest BCUT2D eigenvalue weighted by molar-refractivity contribution is 5.82. The Kier molecular flexibility index (Phi) is 3.51. The van der Waals surface area contributed by atoms with Crippen LogP contribution in [-0.4, -0.2) is 30.2 Å². The van der Waals surface area contributed by atoms with Gasteiger partial charge in [0, 0.05) is 25.3 Å². The Labute approximate surface area is 91.4 Å². The van der Waals surface area contributed by atoms with Crippen molar-refractivity contribution in [3.05, 3.63) is 35.9 Å². The molecule has 1 N–H and O–H groups in total. The van der Waals surface area contributed by atoms with Crippen LogP contribution in [0.25, 0.3) is 0 Å². The highest BCUT2D eigenvalue weighted by atomic mass is 15.1. The summed E-state index contributed by atoms with van der Waals surface area (Å²) in [4.78, 5) is 2.46. The molecule has 1 fully saturated rings. The van der Waals surface area contributed by atoms with E-state index in [1.807, 2.05) is 0 Å². The van der Waals surface area contributed by atoms with Gasteiger partial charge in [0.25, 0.3) is 0 Å². The van der Waals surface area contributed by atoms with Gasteiger partial charge in [-0.1, -0.05) is 30.3 Å². The maximum atomic E-state index is 7.55. The van der Waals surface area contributed by atoms with Crippen LogP contribution in [0.1, 0.15) is 18.4 Å². The molecule has 1 aliphatic heterocycles. The summed E-state index contributed by atoms with van der Waals surface area (Å²) in [5.41, 5.74) is 2.34. The summed E-state index contributed by atoms with van der Waals surface area (Å²) < 4.78 is 0. The molecule has 0 spiro atoms. The second-order valence-corrected chi connectivity index (χ2v) is 4.18. The number of hydrogen-bond acceptors (Lipinski definition) is 2. The van der Waals surface area contributed by atoms with Gasteiger partial charge in [0.15, 0.2) is 0 Å². The molecule has 1 heterocycles. The number of benzene rings is 1. The van der Waals surface area contributed by atoms with Crippen LogP contribution in [0.4, 0.5) is 0 Å². The summed E-state index contributed by atoms with van der Waals surface area (Å²) >= 11 is 0. The van der Waals surface area contributed by atoms with E-state index in [-0.39, 0.29) is 0 Å². The van der Waals surface area contributed by atoms with E-state index in [1.165, 1.54) is 5.56 Å². The second-order valence-electron chi connectivity index (χ2n) is 4.18. The van der Waals surface area contributed by atoms with Crippen LogP contribution in [0.5, 0.6) is 0 Å². The molecule has 0 saturated carbocycles. The smallest absolute Gasteiger partial charge is 0.0115 e. The van der Waals surface area contributed by atoms with Gasteiger partial charge >= 0.3 is 0 Å². The molecule has 15 heavy (non-hydrogen) atoms. The highest BCUT2D eigenvalue weighted by Gasteiger charge is 2.12. The van der Waals surface area contributed by atoms with Gasteiger partial charge in [0.05, 0.1) is 0 Å². The number of nitrogens with one attached hydrogen (secondary N) is 1. The minimum absolute atomic E-state index is 0.922. The molecule has 1 aliphatic rings. The average Bonchev–Trinajstić information content (AvgIpc) is 2.30. The molecule has 1 aromatic rings. The SMILES string of the molecule is N=C1CCN(CCc2ccccc2)CC1. The van der Waals surface area contributed by atoms with Crippen molar-refractivity contribution in [3.63, 3.8) is 0 Å². The summed E-state index contributed by atoms with van der Waals surface area (Å²) in [5, 5.41) is 7.55. The van der Waals surface area contributed by atoms with Gasteiger partial charge in [-0.2, -0.15) is 0 Å². The maximum Gasteiger partial charge on any atom is 0.0115 e. The summed E-state index contributed by atoms with van der Waals surface area (Å²) in [5.74, 6) is 0. The van der Waals surface area contributed by atoms with Crippen LogP contribution >= 0.6 is 0 Å². The van der Waals surface area contributed by atoms with E-state index >= 15 is 0 Å². The van der Waals surface area contributed by atoms with Crippen molar-refractivity contribution in [1.29, 1.82) is 5.41 Å². The van der Waals surface area contributed by atoms with Gasteiger partial charge in [-0.05, 0) is 24.8 Å². The molecule has 2 nitrogen and oxygen atoms in total. The van der Waals surface area contributed by atoms with Crippen molar-refractivity contribution >= 4 is 5.71 Å². The first-order valence-electron chi connectivity index (χ1n) is 5.67. The van der Waals surface area contributed by atoms with E-state index in [0.717, 1.165) is 44.6 Å². The van der Waals surface area contributed by atoms with E-state index < -0.39 is 0 Å². The lowest BCUT2D eigenvalue weighted by molar-refractivity contribution is 0.277. The lowest BCUT2D eigenvalue weighted by Crippen LogP contribution is -2.34. The quantitative estimate of drug-likeness (QED) is 0.800. The second kappa shape index (κ2) is 5.08. The number of nitrogens with zero attached hydrogens (tertiary/aromatic N) is 1. The first-order valence-corrected chi connectivity index (χ1v) is 5.67. The summed E-state index contributed by atoms with van der Waals surface area (Å²) in [6.45, 7) is 3.29. The number of hydrogen-bond donors (Lipinski definition) is 1. The minimum Gasteiger partial charge on any atom is -0.310 e. The van der Waals surface area contributed by atoms with Crippen LogP contribution in [0, 0.1) is 5.41 Å². The molecular formula is C13H18N2. The van der Waals surface area contributed by atoms with Crippen LogP contribution < -0.4 is 0 Å². The van der Waals surface area contributed by atoms with Gasteiger partial charge in [-0.25, -0.2) is 0 Å². The third-order valence-electron chi connectivity index (χ3n) is 3.02. The fraction of sp³-hybridized carbons (Fsp3) is 0.462. The number of likely N-dealkylation sites (tertiary alicyclic amines) is 1. The van der Waals surface area contributed by atoms with Gasteiger partial charge < -0.3 is 10.3 Å². The molecule has 0 amide bonds. The van der Waals surface area contributed by atoms with Gasteiger partial charge in [-0.3, -0.25) is 0 Å². The summed E-state index contributed by atoms with van der Waals surface area (Å²) in [7, 11) is 0. The average molecular weight is 202 g/mol. The standard InChI is InChI=1S/C13H18N2/c14-13-7-10-15(11-8-13)9-6-12-4-2-1-3-5-12/h1-5,14H,6-11H2. The maximum absolute atomic E-state index is 7.55. The van der Waals surface area contributed by atoms with Crippen molar-refractivity contribution < 1.29 is 0 Å². The Morgan fingerprint density at radius 3 is 2.40 bits per heavy atom. The minimum atomic E-state index is 0.922. The molecule has 1 saturated heterocycles. The van der Waals surface area contributed by atoms with Crippen LogP contribution in [0.3, 0.4) is 0 Å². The van der Waals surface area contributed by atoms with Crippen molar-refractivity contribution in [1.82, 2.24) is 4.90 Å². The van der Waals surface area contributed by atoms with Crippen LogP contribution in [-0.2, 0) is 6.42 Å². The zero-order valence-electron chi connectivity index (χ0n) is 9.08. The van der Waals surface area contributed by atoms with Gasteiger partial charge in [0.2, 0.25) is 0 Å². The first kappa shape index (κ1) is 10.4. The van der Waals surface area contributed by atoms with Crippen molar-refractivity contribution in [2.24, 2.45) is 0 Å². The molecule has 0 aromatic heterocycles. The normalized spacial score (nSPS) is 18.0. The van der Waals surface area contributed by atoms with E-state index in [1.54, 1.807) is 0 Å². The number of piperidine rings is 1. The van der Waals surface area contributed by atoms with Crippen LogP contribution in [0.2, 0.25) is 0 Å². The molecule has 0 unspecified atom stereocenters. The van der Waals surface area contributed by atoms with E-state index in [4.69, 9.17) is 5.41 Å². The van der Waals surface area contributed by atoms with Gasteiger partial charge in [-0.15, -0.1) is 0 Å². The lowest BCUT2D eigenvalue weighted by Gasteiger charge is -2.26. The predicted molar refractivity (Wildman–Crippen MR) is 63.5 cm³/mol. The molecule has 80 valence electrons. The van der Waals surface area contributed by atoms with Crippen molar-refractivity contribution in [2.45, 2.75) is 19.3 Å². The third-order valence-corrected chi connectivity index (χ3v) is 3.02. The topological polar surface area (TPSA) is 27.1 Å². The Morgan fingerprint density at radius 1 is 1.07 bits per heavy atom. The summed E-state index contributed by atoms with van der Waals surface area (Å²) in [6, 6.07) is 10.6. The third kappa shape index (κ3) is 3.17. The van der Waals surface area contributed by atoms with E-state index in [0.29, 0.717) is 0 Å².